The summed E-state index contributed by atoms with van der Waals surface area (Å²) in [6.45, 7) is 7.07. The van der Waals surface area contributed by atoms with E-state index in [1.54, 1.807) is 6.07 Å². The quantitative estimate of drug-likeness (QED) is 0.658. The zero-order chi connectivity index (χ0) is 21.3. The Morgan fingerprint density at radius 3 is 1.48 bits per heavy atom. The Hall–Kier alpha value is -2.50. The van der Waals surface area contributed by atoms with Gasteiger partial charge in [-0.25, -0.2) is 8.78 Å². The highest BCUT2D eigenvalue weighted by atomic mass is 19.3. The number of hydrogen-bond donors (Lipinski definition) is 2. The second-order valence-electron chi connectivity index (χ2n) is 7.15. The van der Waals surface area contributed by atoms with Gasteiger partial charge in [0.2, 0.25) is 0 Å². The van der Waals surface area contributed by atoms with Gasteiger partial charge in [0, 0.05) is 39.0 Å². The van der Waals surface area contributed by atoms with E-state index in [2.05, 4.69) is 11.0 Å². The van der Waals surface area contributed by atoms with Crippen LogP contribution >= 0.6 is 0 Å². The van der Waals surface area contributed by atoms with Crippen LogP contribution in [0, 0.1) is 0 Å². The molecule has 0 atom stereocenters. The molecule has 0 radical (unpaired) electrons. The van der Waals surface area contributed by atoms with Gasteiger partial charge in [0.15, 0.2) is 0 Å². The summed E-state index contributed by atoms with van der Waals surface area (Å²) in [5.41, 5.74) is 15.3. The van der Waals surface area contributed by atoms with E-state index in [4.69, 9.17) is 11.5 Å². The van der Waals surface area contributed by atoms with Crippen LogP contribution in [0.4, 0.5) is 31.5 Å². The van der Waals surface area contributed by atoms with Crippen LogP contribution in [-0.2, 0) is 0 Å². The molecule has 4 N–H and O–H groups in total. The topological polar surface area (TPSA) is 58.5 Å². The van der Waals surface area contributed by atoms with Crippen LogP contribution in [-0.4, -0.2) is 32.1 Å². The van der Waals surface area contributed by atoms with Crippen LogP contribution in [0.5, 0.6) is 0 Å². The molecule has 29 heavy (non-hydrogen) atoms. The lowest BCUT2D eigenvalue weighted by molar-refractivity contribution is -0.0220. The molecule has 2 aliphatic heterocycles. The highest BCUT2D eigenvalue weighted by Gasteiger charge is 2.34. The van der Waals surface area contributed by atoms with E-state index in [9.17, 15) is 8.78 Å². The molecule has 2 fully saturated rings. The van der Waals surface area contributed by atoms with Crippen molar-refractivity contribution in [2.24, 2.45) is 0 Å². The first-order chi connectivity index (χ1) is 14.0. The fraction of sp³-hybridized carbons (Fsp3) is 0.478. The van der Waals surface area contributed by atoms with Gasteiger partial charge in [0.1, 0.15) is 0 Å². The normalized spacial score (nSPS) is 17.7. The minimum absolute atomic E-state index is 0.0820. The summed E-state index contributed by atoms with van der Waals surface area (Å²) >= 11 is 0. The average Bonchev–Trinajstić information content (AvgIpc) is 3.26. The second kappa shape index (κ2) is 10.9. The summed E-state index contributed by atoms with van der Waals surface area (Å²) in [5, 5.41) is 0. The molecule has 0 bridgehead atoms. The first kappa shape index (κ1) is 22.8. The molecule has 2 aromatic carbocycles. The maximum atomic E-state index is 12.9. The minimum Gasteiger partial charge on any atom is -0.397 e. The van der Waals surface area contributed by atoms with Gasteiger partial charge in [-0.15, -0.1) is 0 Å². The van der Waals surface area contributed by atoms with Crippen molar-refractivity contribution < 1.29 is 8.78 Å². The standard InChI is InChI=1S/C11H14F2N2.C10H14N2.C2H6/c12-11(13)5-7-15(8-6-11)10-4-2-1-3-9(10)14;11-9-5-1-2-6-10(9)12-7-3-4-8-12;1-2/h1-4H,5-8,14H2;1-2,5-6H,3-4,7-8,11H2;1-2H3. The van der Waals surface area contributed by atoms with Crippen LogP contribution in [0.25, 0.3) is 0 Å². The zero-order valence-electron chi connectivity index (χ0n) is 17.6. The monoisotopic (exact) mass is 404 g/mol. The van der Waals surface area contributed by atoms with Crippen molar-refractivity contribution in [1.29, 1.82) is 0 Å². The third-order valence-electron chi connectivity index (χ3n) is 5.16. The summed E-state index contributed by atoms with van der Waals surface area (Å²) in [6, 6.07) is 15.5. The zero-order valence-corrected chi connectivity index (χ0v) is 17.6. The number of piperidine rings is 1. The van der Waals surface area contributed by atoms with E-state index >= 15 is 0 Å². The largest absolute Gasteiger partial charge is 0.397 e. The van der Waals surface area contributed by atoms with E-state index in [0.29, 0.717) is 18.8 Å². The third kappa shape index (κ3) is 6.51. The minimum atomic E-state index is -2.50. The van der Waals surface area contributed by atoms with E-state index < -0.39 is 5.92 Å². The lowest BCUT2D eigenvalue weighted by atomic mass is 10.1. The van der Waals surface area contributed by atoms with Gasteiger partial charge in [0.25, 0.3) is 5.92 Å². The number of benzene rings is 2. The predicted molar refractivity (Wildman–Crippen MR) is 121 cm³/mol. The molecular weight excluding hydrogens is 370 g/mol. The molecule has 0 aromatic heterocycles. The molecule has 6 heteroatoms. The van der Waals surface area contributed by atoms with Gasteiger partial charge < -0.3 is 21.3 Å². The van der Waals surface area contributed by atoms with Gasteiger partial charge in [-0.2, -0.15) is 0 Å². The first-order valence-corrected chi connectivity index (χ1v) is 10.5. The molecule has 2 aromatic rings. The number of nitrogens with two attached hydrogens (primary N) is 2. The number of rotatable bonds is 2. The van der Waals surface area contributed by atoms with Crippen LogP contribution in [0.3, 0.4) is 0 Å². The number of hydrogen-bond acceptors (Lipinski definition) is 4. The van der Waals surface area contributed by atoms with Gasteiger partial charge in [-0.05, 0) is 37.1 Å². The van der Waals surface area contributed by atoms with Gasteiger partial charge in [-0.3, -0.25) is 0 Å². The van der Waals surface area contributed by atoms with Crippen LogP contribution in [0.2, 0.25) is 0 Å². The highest BCUT2D eigenvalue weighted by Crippen LogP contribution is 2.32. The Labute approximate surface area is 173 Å². The molecule has 0 spiro atoms. The molecule has 4 rings (SSSR count). The van der Waals surface area contributed by atoms with Crippen molar-refractivity contribution in [3.8, 4) is 0 Å². The first-order valence-electron chi connectivity index (χ1n) is 10.5. The number of anilines is 4. The maximum Gasteiger partial charge on any atom is 0.251 e. The Balaban J connectivity index is 0.000000194. The lowest BCUT2D eigenvalue weighted by Crippen LogP contribution is -2.39. The fourth-order valence-electron chi connectivity index (χ4n) is 3.58. The van der Waals surface area contributed by atoms with Crippen molar-refractivity contribution in [3.63, 3.8) is 0 Å². The molecule has 2 heterocycles. The number of nitrogens with zero attached hydrogens (tertiary/aromatic N) is 2. The lowest BCUT2D eigenvalue weighted by Gasteiger charge is -2.33. The number of nitrogen functional groups attached to an aromatic ring is 2. The maximum absolute atomic E-state index is 12.9. The van der Waals surface area contributed by atoms with E-state index in [1.165, 1.54) is 18.5 Å². The van der Waals surface area contributed by atoms with Crippen LogP contribution in [0.15, 0.2) is 48.5 Å². The molecule has 0 amide bonds. The second-order valence-corrected chi connectivity index (χ2v) is 7.15. The fourth-order valence-corrected chi connectivity index (χ4v) is 3.58. The summed E-state index contributed by atoms with van der Waals surface area (Å²) in [5.74, 6) is -2.50. The number of halogens is 2. The van der Waals surface area contributed by atoms with Crippen molar-refractivity contribution >= 4 is 22.7 Å². The molecule has 160 valence electrons. The molecule has 0 unspecified atom stereocenters. The van der Waals surface area contributed by atoms with Crippen molar-refractivity contribution in [2.75, 3.05) is 47.4 Å². The summed E-state index contributed by atoms with van der Waals surface area (Å²) in [6.07, 6.45) is 2.44. The summed E-state index contributed by atoms with van der Waals surface area (Å²) in [4.78, 5) is 4.28. The molecule has 4 nitrogen and oxygen atoms in total. The molecule has 2 saturated heterocycles. The Kier molecular flexibility index (Phi) is 8.55. The Bertz CT molecular complexity index is 735. The molecule has 0 aliphatic carbocycles. The van der Waals surface area contributed by atoms with Crippen molar-refractivity contribution in [1.82, 2.24) is 0 Å². The third-order valence-corrected chi connectivity index (χ3v) is 5.16. The van der Waals surface area contributed by atoms with Gasteiger partial charge in [0.05, 0.1) is 22.7 Å². The van der Waals surface area contributed by atoms with Crippen molar-refractivity contribution in [3.05, 3.63) is 48.5 Å². The van der Waals surface area contributed by atoms with Gasteiger partial charge >= 0.3 is 0 Å². The van der Waals surface area contributed by atoms with Crippen LogP contribution < -0.4 is 21.3 Å². The van der Waals surface area contributed by atoms with Crippen molar-refractivity contribution in [2.45, 2.75) is 45.5 Å². The van der Waals surface area contributed by atoms with E-state index in [-0.39, 0.29) is 12.8 Å². The Morgan fingerprint density at radius 2 is 1.07 bits per heavy atom. The summed E-state index contributed by atoms with van der Waals surface area (Å²) in [7, 11) is 0. The van der Waals surface area contributed by atoms with Crippen LogP contribution in [0.1, 0.15) is 39.5 Å². The molecule has 0 saturated carbocycles. The molecule has 2 aliphatic rings. The summed E-state index contributed by atoms with van der Waals surface area (Å²) < 4.78 is 25.9. The Morgan fingerprint density at radius 1 is 0.690 bits per heavy atom. The molecular formula is C23H34F2N4. The smallest absolute Gasteiger partial charge is 0.251 e. The highest BCUT2D eigenvalue weighted by molar-refractivity contribution is 5.68. The van der Waals surface area contributed by atoms with Gasteiger partial charge in [-0.1, -0.05) is 38.1 Å². The number of alkyl halides is 2. The number of para-hydroxylation sites is 4. The van der Waals surface area contributed by atoms with E-state index in [1.807, 2.05) is 55.1 Å². The average molecular weight is 405 g/mol. The van der Waals surface area contributed by atoms with E-state index in [0.717, 1.165) is 24.5 Å². The SMILES string of the molecule is CC.Nc1ccccc1N1CCC(F)(F)CC1.Nc1ccccc1N1CCCC1. The predicted octanol–water partition coefficient (Wildman–Crippen LogP) is 5.40.